The average molecular weight is 279 g/mol. The largest absolute Gasteiger partial charge is 0.387 e. The van der Waals surface area contributed by atoms with Gasteiger partial charge in [-0.25, -0.2) is 0 Å². The van der Waals surface area contributed by atoms with E-state index in [2.05, 4.69) is 15.9 Å². The summed E-state index contributed by atoms with van der Waals surface area (Å²) in [5.41, 5.74) is 6.42. The Morgan fingerprint density at radius 2 is 2.21 bits per heavy atom. The van der Waals surface area contributed by atoms with E-state index < -0.39 is 6.10 Å². The number of rotatable bonds is 3. The van der Waals surface area contributed by atoms with Crippen LogP contribution >= 0.6 is 27.5 Å². The van der Waals surface area contributed by atoms with E-state index in [1.165, 1.54) is 0 Å². The predicted octanol–water partition coefficient (Wildman–Crippen LogP) is 2.87. The van der Waals surface area contributed by atoms with Gasteiger partial charge in [-0.2, -0.15) is 0 Å². The van der Waals surface area contributed by atoms with Gasteiger partial charge in [0.1, 0.15) is 0 Å². The number of hydrogen-bond donors (Lipinski definition) is 2. The van der Waals surface area contributed by atoms with Crippen molar-refractivity contribution in [2.75, 3.05) is 0 Å². The van der Waals surface area contributed by atoms with Crippen molar-refractivity contribution in [3.63, 3.8) is 0 Å². The van der Waals surface area contributed by atoms with Crippen molar-refractivity contribution in [1.29, 1.82) is 0 Å². The van der Waals surface area contributed by atoms with Crippen LogP contribution in [0.15, 0.2) is 22.7 Å². The summed E-state index contributed by atoms with van der Waals surface area (Å²) in [5.74, 6) is 0. The molecule has 0 saturated heterocycles. The molecule has 0 fully saturated rings. The van der Waals surface area contributed by atoms with Crippen molar-refractivity contribution in [3.05, 3.63) is 33.3 Å². The molecule has 1 rings (SSSR count). The van der Waals surface area contributed by atoms with Gasteiger partial charge in [0.05, 0.1) is 6.10 Å². The van der Waals surface area contributed by atoms with Gasteiger partial charge in [-0.1, -0.05) is 34.5 Å². The Kier molecular flexibility index (Phi) is 4.38. The van der Waals surface area contributed by atoms with Crippen LogP contribution in [0, 0.1) is 0 Å². The lowest BCUT2D eigenvalue weighted by Crippen LogP contribution is -2.27. The van der Waals surface area contributed by atoms with Crippen molar-refractivity contribution in [2.24, 2.45) is 5.73 Å². The molecule has 4 heteroatoms. The fourth-order valence-electron chi connectivity index (χ4n) is 1.20. The molecule has 2 nitrogen and oxygen atoms in total. The molecule has 78 valence electrons. The van der Waals surface area contributed by atoms with E-state index in [1.54, 1.807) is 12.1 Å². The average Bonchev–Trinajstić information content (AvgIpc) is 2.19. The Labute approximate surface area is 97.2 Å². The predicted molar refractivity (Wildman–Crippen MR) is 62.4 cm³/mol. The van der Waals surface area contributed by atoms with Crippen LogP contribution in [0.5, 0.6) is 0 Å². The molecule has 0 aromatic heterocycles. The van der Waals surface area contributed by atoms with Crippen molar-refractivity contribution in [1.82, 2.24) is 0 Å². The van der Waals surface area contributed by atoms with Gasteiger partial charge in [0.15, 0.2) is 0 Å². The second-order valence-electron chi connectivity index (χ2n) is 3.18. The van der Waals surface area contributed by atoms with Gasteiger partial charge in [0, 0.05) is 21.1 Å². The zero-order valence-electron chi connectivity index (χ0n) is 7.87. The zero-order valence-corrected chi connectivity index (χ0v) is 10.2. The number of benzene rings is 1. The summed E-state index contributed by atoms with van der Waals surface area (Å²) in [6, 6.07) is 5.09. The fraction of sp³-hybridized carbons (Fsp3) is 0.400. The SMILES string of the molecule is CCC(N)C(O)c1cc(Br)ccc1Cl. The minimum absolute atomic E-state index is 0.276. The number of aliphatic hydroxyl groups excluding tert-OH is 1. The summed E-state index contributed by atoms with van der Waals surface area (Å²) < 4.78 is 0.888. The highest BCUT2D eigenvalue weighted by Gasteiger charge is 2.17. The lowest BCUT2D eigenvalue weighted by Gasteiger charge is -2.18. The van der Waals surface area contributed by atoms with Gasteiger partial charge in [-0.3, -0.25) is 0 Å². The van der Waals surface area contributed by atoms with Crippen molar-refractivity contribution in [3.8, 4) is 0 Å². The maximum atomic E-state index is 9.86. The van der Waals surface area contributed by atoms with Crippen LogP contribution in [0.3, 0.4) is 0 Å². The molecule has 14 heavy (non-hydrogen) atoms. The molecule has 1 aromatic rings. The first kappa shape index (κ1) is 12.0. The van der Waals surface area contributed by atoms with E-state index in [9.17, 15) is 5.11 Å². The highest BCUT2D eigenvalue weighted by molar-refractivity contribution is 9.10. The Balaban J connectivity index is 2.99. The maximum absolute atomic E-state index is 9.86. The van der Waals surface area contributed by atoms with Crippen LogP contribution in [0.4, 0.5) is 0 Å². The van der Waals surface area contributed by atoms with E-state index in [0.717, 1.165) is 4.47 Å². The van der Waals surface area contributed by atoms with Crippen LogP contribution in [-0.2, 0) is 0 Å². The molecule has 0 bridgehead atoms. The van der Waals surface area contributed by atoms with E-state index in [-0.39, 0.29) is 6.04 Å². The first-order valence-corrected chi connectivity index (χ1v) is 5.62. The molecule has 0 aliphatic rings. The van der Waals surface area contributed by atoms with Crippen LogP contribution in [0.1, 0.15) is 25.0 Å². The van der Waals surface area contributed by atoms with E-state index >= 15 is 0 Å². The molecule has 0 amide bonds. The second-order valence-corrected chi connectivity index (χ2v) is 4.51. The number of aliphatic hydroxyl groups is 1. The van der Waals surface area contributed by atoms with Gasteiger partial charge >= 0.3 is 0 Å². The molecule has 0 aliphatic carbocycles. The molecule has 0 spiro atoms. The smallest absolute Gasteiger partial charge is 0.0955 e. The Morgan fingerprint density at radius 3 is 2.79 bits per heavy atom. The highest BCUT2D eigenvalue weighted by Crippen LogP contribution is 2.28. The summed E-state index contributed by atoms with van der Waals surface area (Å²) in [6.07, 6.45) is 0.00861. The summed E-state index contributed by atoms with van der Waals surface area (Å²) >= 11 is 9.28. The van der Waals surface area contributed by atoms with Crippen LogP contribution in [0.2, 0.25) is 5.02 Å². The van der Waals surface area contributed by atoms with Gasteiger partial charge in [-0.15, -0.1) is 0 Å². The zero-order chi connectivity index (χ0) is 10.7. The van der Waals surface area contributed by atoms with Crippen LogP contribution < -0.4 is 5.73 Å². The maximum Gasteiger partial charge on any atom is 0.0955 e. The molecular weight excluding hydrogens is 265 g/mol. The summed E-state index contributed by atoms with van der Waals surface area (Å²) in [7, 11) is 0. The monoisotopic (exact) mass is 277 g/mol. The molecule has 0 saturated carbocycles. The fourth-order valence-corrected chi connectivity index (χ4v) is 1.80. The number of halogens is 2. The first-order valence-electron chi connectivity index (χ1n) is 4.44. The molecule has 2 unspecified atom stereocenters. The Bertz CT molecular complexity index is 319. The second kappa shape index (κ2) is 5.12. The normalized spacial score (nSPS) is 15.2. The third-order valence-corrected chi connectivity index (χ3v) is 2.99. The van der Waals surface area contributed by atoms with Crippen molar-refractivity contribution < 1.29 is 5.11 Å². The molecule has 0 aliphatic heterocycles. The van der Waals surface area contributed by atoms with Crippen molar-refractivity contribution in [2.45, 2.75) is 25.5 Å². The van der Waals surface area contributed by atoms with E-state index in [0.29, 0.717) is 17.0 Å². The topological polar surface area (TPSA) is 46.2 Å². The van der Waals surface area contributed by atoms with Gasteiger partial charge < -0.3 is 10.8 Å². The molecule has 0 heterocycles. The van der Waals surface area contributed by atoms with Gasteiger partial charge in [0.25, 0.3) is 0 Å². The minimum Gasteiger partial charge on any atom is -0.387 e. The molecule has 2 atom stereocenters. The lowest BCUT2D eigenvalue weighted by atomic mass is 10.0. The third kappa shape index (κ3) is 2.70. The van der Waals surface area contributed by atoms with Gasteiger partial charge in [0.2, 0.25) is 0 Å². The minimum atomic E-state index is -0.704. The summed E-state index contributed by atoms with van der Waals surface area (Å²) in [6.45, 7) is 1.93. The van der Waals surface area contributed by atoms with Crippen LogP contribution in [0.25, 0.3) is 0 Å². The van der Waals surface area contributed by atoms with E-state index in [1.807, 2.05) is 13.0 Å². The third-order valence-electron chi connectivity index (χ3n) is 2.15. The Hall–Kier alpha value is -0.0900. The number of nitrogens with two attached hydrogens (primary N) is 1. The molecule has 0 radical (unpaired) electrons. The summed E-state index contributed by atoms with van der Waals surface area (Å²) in [5, 5.41) is 10.4. The van der Waals surface area contributed by atoms with Crippen LogP contribution in [-0.4, -0.2) is 11.1 Å². The Morgan fingerprint density at radius 1 is 1.57 bits per heavy atom. The van der Waals surface area contributed by atoms with E-state index in [4.69, 9.17) is 17.3 Å². The first-order chi connectivity index (χ1) is 6.56. The molecule has 1 aromatic carbocycles. The molecular formula is C10H13BrClNO. The van der Waals surface area contributed by atoms with Gasteiger partial charge in [-0.05, 0) is 24.6 Å². The standard InChI is InChI=1S/C10H13BrClNO/c1-2-9(13)10(14)7-5-6(11)3-4-8(7)12/h3-5,9-10,14H,2,13H2,1H3. The number of hydrogen-bond acceptors (Lipinski definition) is 2. The lowest BCUT2D eigenvalue weighted by molar-refractivity contribution is 0.144. The quantitative estimate of drug-likeness (QED) is 0.893. The van der Waals surface area contributed by atoms with Crippen molar-refractivity contribution >= 4 is 27.5 Å². The molecule has 3 N–H and O–H groups in total. The summed E-state index contributed by atoms with van der Waals surface area (Å²) in [4.78, 5) is 0. The highest BCUT2D eigenvalue weighted by atomic mass is 79.9.